The molecule has 0 unspecified atom stereocenters. The Balaban J connectivity index is 1.99. The molecular weight excluding hydrogens is 266 g/mol. The maximum Gasteiger partial charge on any atom is 0.0497 e. The van der Waals surface area contributed by atoms with E-state index in [9.17, 15) is 0 Å². The van der Waals surface area contributed by atoms with Crippen molar-refractivity contribution in [1.29, 1.82) is 0 Å². The highest BCUT2D eigenvalue weighted by molar-refractivity contribution is 6.31. The van der Waals surface area contributed by atoms with Gasteiger partial charge in [-0.05, 0) is 36.6 Å². The van der Waals surface area contributed by atoms with Gasteiger partial charge in [0.05, 0.1) is 0 Å². The first-order valence-electron chi connectivity index (χ1n) is 7.48. The maximum atomic E-state index is 6.12. The molecule has 0 fully saturated rings. The summed E-state index contributed by atoms with van der Waals surface area (Å²) in [7, 11) is 0. The number of hydrogen-bond acceptors (Lipinski definition) is 0. The summed E-state index contributed by atoms with van der Waals surface area (Å²) in [5, 5.41) is 3.31. The van der Waals surface area contributed by atoms with Crippen molar-refractivity contribution in [3.8, 4) is 0 Å². The Morgan fingerprint density at radius 1 is 1.00 bits per heavy atom. The van der Waals surface area contributed by atoms with E-state index in [1.165, 1.54) is 53.1 Å². The van der Waals surface area contributed by atoms with Crippen LogP contribution in [-0.2, 0) is 6.42 Å². The van der Waals surface area contributed by atoms with Crippen LogP contribution >= 0.6 is 11.6 Å². The first-order chi connectivity index (χ1) is 9.79. The number of benzene rings is 2. The molecule has 0 aliphatic rings. The number of aromatic nitrogens is 1. The molecule has 0 saturated carbocycles. The van der Waals surface area contributed by atoms with Crippen LogP contribution in [0.2, 0.25) is 5.02 Å². The summed E-state index contributed by atoms with van der Waals surface area (Å²) in [6, 6.07) is 12.6. The van der Waals surface area contributed by atoms with Gasteiger partial charge < -0.3 is 4.98 Å². The van der Waals surface area contributed by atoms with Crippen LogP contribution in [0.1, 0.15) is 38.2 Å². The zero-order chi connectivity index (χ0) is 13.9. The molecule has 1 nitrogen and oxygen atoms in total. The van der Waals surface area contributed by atoms with Gasteiger partial charge in [-0.25, -0.2) is 0 Å². The smallest absolute Gasteiger partial charge is 0.0497 e. The van der Waals surface area contributed by atoms with Gasteiger partial charge in [0, 0.05) is 26.8 Å². The monoisotopic (exact) mass is 285 g/mol. The first kappa shape index (κ1) is 13.5. The number of aryl methyl sites for hydroxylation is 1. The molecule has 2 aromatic carbocycles. The molecule has 0 bridgehead atoms. The van der Waals surface area contributed by atoms with Gasteiger partial charge in [-0.3, -0.25) is 0 Å². The fraction of sp³-hybridized carbons (Fsp3) is 0.333. The molecule has 1 aromatic heterocycles. The zero-order valence-electron chi connectivity index (χ0n) is 11.9. The number of aromatic amines is 1. The fourth-order valence-corrected chi connectivity index (χ4v) is 3.08. The molecule has 3 rings (SSSR count). The first-order valence-corrected chi connectivity index (χ1v) is 7.86. The Morgan fingerprint density at radius 3 is 2.75 bits per heavy atom. The average Bonchev–Trinajstić information content (AvgIpc) is 2.82. The molecule has 0 aliphatic heterocycles. The molecule has 2 heteroatoms. The van der Waals surface area contributed by atoms with Crippen molar-refractivity contribution < 1.29 is 0 Å². The average molecular weight is 286 g/mol. The lowest BCUT2D eigenvalue weighted by Crippen LogP contribution is -1.87. The molecule has 0 atom stereocenters. The Bertz CT molecular complexity index is 727. The van der Waals surface area contributed by atoms with Crippen molar-refractivity contribution in [2.45, 2.75) is 39.0 Å². The molecule has 0 saturated heterocycles. The van der Waals surface area contributed by atoms with Crippen molar-refractivity contribution in [3.63, 3.8) is 0 Å². The summed E-state index contributed by atoms with van der Waals surface area (Å²) in [4.78, 5) is 3.56. The van der Waals surface area contributed by atoms with E-state index in [4.69, 9.17) is 11.6 Å². The highest BCUT2D eigenvalue weighted by Crippen LogP contribution is 2.30. The van der Waals surface area contributed by atoms with Crippen LogP contribution < -0.4 is 0 Å². The standard InChI is InChI=1S/C18H20ClN/c1-2-3-4-5-7-13-8-6-9-15-16-12-14(19)10-11-17(16)20-18(13)15/h6,8-12,20H,2-5,7H2,1H3. The molecule has 0 aliphatic carbocycles. The summed E-state index contributed by atoms with van der Waals surface area (Å²) < 4.78 is 0. The number of para-hydroxylation sites is 1. The Morgan fingerprint density at radius 2 is 1.90 bits per heavy atom. The van der Waals surface area contributed by atoms with Crippen molar-refractivity contribution in [2.24, 2.45) is 0 Å². The summed E-state index contributed by atoms with van der Waals surface area (Å²) in [5.74, 6) is 0. The summed E-state index contributed by atoms with van der Waals surface area (Å²) in [5.41, 5.74) is 3.87. The van der Waals surface area contributed by atoms with Gasteiger partial charge in [-0.2, -0.15) is 0 Å². The van der Waals surface area contributed by atoms with Crippen LogP contribution in [-0.4, -0.2) is 4.98 Å². The van der Waals surface area contributed by atoms with Crippen molar-refractivity contribution >= 4 is 33.4 Å². The van der Waals surface area contributed by atoms with E-state index in [1.807, 2.05) is 6.07 Å². The second-order valence-corrected chi connectivity index (χ2v) is 5.90. The van der Waals surface area contributed by atoms with E-state index in [-0.39, 0.29) is 0 Å². The number of fused-ring (bicyclic) bond motifs is 3. The topological polar surface area (TPSA) is 15.8 Å². The number of rotatable bonds is 5. The molecule has 1 N–H and O–H groups in total. The highest BCUT2D eigenvalue weighted by atomic mass is 35.5. The van der Waals surface area contributed by atoms with Crippen LogP contribution in [0.15, 0.2) is 36.4 Å². The highest BCUT2D eigenvalue weighted by Gasteiger charge is 2.08. The lowest BCUT2D eigenvalue weighted by molar-refractivity contribution is 0.668. The summed E-state index contributed by atoms with van der Waals surface area (Å²) in [6.45, 7) is 2.25. The number of nitrogens with one attached hydrogen (secondary N) is 1. The third-order valence-corrected chi connectivity index (χ3v) is 4.22. The molecule has 3 aromatic rings. The second-order valence-electron chi connectivity index (χ2n) is 5.47. The van der Waals surface area contributed by atoms with E-state index in [0.717, 1.165) is 11.4 Å². The lowest BCUT2D eigenvalue weighted by Gasteiger charge is -2.03. The predicted molar refractivity (Wildman–Crippen MR) is 88.7 cm³/mol. The van der Waals surface area contributed by atoms with Gasteiger partial charge in [-0.15, -0.1) is 0 Å². The molecule has 0 radical (unpaired) electrons. The predicted octanol–water partition coefficient (Wildman–Crippen LogP) is 6.10. The minimum absolute atomic E-state index is 0.798. The van der Waals surface area contributed by atoms with E-state index in [2.05, 4.69) is 42.2 Å². The normalized spacial score (nSPS) is 11.5. The van der Waals surface area contributed by atoms with Gasteiger partial charge in [0.1, 0.15) is 0 Å². The fourth-order valence-electron chi connectivity index (χ4n) is 2.91. The maximum absolute atomic E-state index is 6.12. The van der Waals surface area contributed by atoms with Gasteiger partial charge in [-0.1, -0.05) is 56.0 Å². The summed E-state index contributed by atoms with van der Waals surface area (Å²) >= 11 is 6.12. The zero-order valence-corrected chi connectivity index (χ0v) is 12.6. The van der Waals surface area contributed by atoms with E-state index >= 15 is 0 Å². The number of hydrogen-bond donors (Lipinski definition) is 1. The largest absolute Gasteiger partial charge is 0.354 e. The third-order valence-electron chi connectivity index (χ3n) is 3.98. The van der Waals surface area contributed by atoms with E-state index < -0.39 is 0 Å². The molecule has 0 spiro atoms. The van der Waals surface area contributed by atoms with E-state index in [0.29, 0.717) is 0 Å². The van der Waals surface area contributed by atoms with Crippen LogP contribution in [0.3, 0.4) is 0 Å². The minimum atomic E-state index is 0.798. The molecular formula is C18H20ClN. The lowest BCUT2D eigenvalue weighted by atomic mass is 10.0. The number of H-pyrrole nitrogens is 1. The second kappa shape index (κ2) is 5.88. The third kappa shape index (κ3) is 2.55. The molecule has 104 valence electrons. The van der Waals surface area contributed by atoms with Gasteiger partial charge in [0.25, 0.3) is 0 Å². The number of halogens is 1. The Kier molecular flexibility index (Phi) is 3.98. The van der Waals surface area contributed by atoms with Gasteiger partial charge >= 0.3 is 0 Å². The van der Waals surface area contributed by atoms with Gasteiger partial charge in [0.15, 0.2) is 0 Å². The van der Waals surface area contributed by atoms with Gasteiger partial charge in [0.2, 0.25) is 0 Å². The quantitative estimate of drug-likeness (QED) is 0.545. The molecule has 20 heavy (non-hydrogen) atoms. The Labute approximate surface area is 124 Å². The Hall–Kier alpha value is -1.47. The minimum Gasteiger partial charge on any atom is -0.354 e. The van der Waals surface area contributed by atoms with Crippen LogP contribution in [0.5, 0.6) is 0 Å². The number of unbranched alkanes of at least 4 members (excludes halogenated alkanes) is 3. The molecule has 0 amide bonds. The summed E-state index contributed by atoms with van der Waals surface area (Å²) in [6.07, 6.45) is 6.35. The van der Waals surface area contributed by atoms with Crippen molar-refractivity contribution in [1.82, 2.24) is 4.98 Å². The van der Waals surface area contributed by atoms with E-state index in [1.54, 1.807) is 0 Å². The van der Waals surface area contributed by atoms with Crippen molar-refractivity contribution in [3.05, 3.63) is 47.0 Å². The van der Waals surface area contributed by atoms with Crippen LogP contribution in [0, 0.1) is 0 Å². The molecule has 1 heterocycles. The SMILES string of the molecule is CCCCCCc1cccc2c1[nH]c1ccc(Cl)cc12. The van der Waals surface area contributed by atoms with Crippen LogP contribution in [0.25, 0.3) is 21.8 Å². The van der Waals surface area contributed by atoms with Crippen molar-refractivity contribution in [2.75, 3.05) is 0 Å². The van der Waals surface area contributed by atoms with Crippen LogP contribution in [0.4, 0.5) is 0 Å².